The predicted molar refractivity (Wildman–Crippen MR) is 63.0 cm³/mol. The summed E-state index contributed by atoms with van der Waals surface area (Å²) < 4.78 is 0. The van der Waals surface area contributed by atoms with E-state index in [-0.39, 0.29) is 11.7 Å². The monoisotopic (exact) mass is 233 g/mol. The number of nitrogens with zero attached hydrogens (tertiary/aromatic N) is 1. The highest BCUT2D eigenvalue weighted by atomic mass is 16.4. The lowest BCUT2D eigenvalue weighted by Crippen LogP contribution is -2.29. The van der Waals surface area contributed by atoms with Crippen LogP contribution in [0, 0.1) is 5.92 Å². The molecule has 17 heavy (non-hydrogen) atoms. The molecule has 1 aromatic carbocycles. The summed E-state index contributed by atoms with van der Waals surface area (Å²) >= 11 is 0. The van der Waals surface area contributed by atoms with Crippen molar-refractivity contribution in [1.29, 1.82) is 0 Å². The summed E-state index contributed by atoms with van der Waals surface area (Å²) in [5.41, 5.74) is 0.686. The van der Waals surface area contributed by atoms with Crippen LogP contribution in [0.1, 0.15) is 16.8 Å². The van der Waals surface area contributed by atoms with Crippen molar-refractivity contribution in [2.45, 2.75) is 6.42 Å². The molecule has 4 heteroatoms. The molecular formula is C13H15NO3. The lowest BCUT2D eigenvalue weighted by atomic mass is 10.1. The first kappa shape index (κ1) is 11.8. The van der Waals surface area contributed by atoms with Gasteiger partial charge in [0, 0.05) is 12.1 Å². The molecule has 90 valence electrons. The van der Waals surface area contributed by atoms with Gasteiger partial charge in [0.1, 0.15) is 0 Å². The summed E-state index contributed by atoms with van der Waals surface area (Å²) in [6.07, 6.45) is 0.636. The molecule has 4 nitrogen and oxygen atoms in total. The Hall–Kier alpha value is -1.68. The van der Waals surface area contributed by atoms with Gasteiger partial charge in [-0.25, -0.2) is 0 Å². The van der Waals surface area contributed by atoms with Crippen molar-refractivity contribution in [1.82, 2.24) is 4.90 Å². The van der Waals surface area contributed by atoms with Crippen molar-refractivity contribution in [3.05, 3.63) is 35.9 Å². The van der Waals surface area contributed by atoms with Gasteiger partial charge < -0.3 is 5.11 Å². The molecule has 0 bridgehead atoms. The van der Waals surface area contributed by atoms with E-state index in [1.807, 2.05) is 23.1 Å². The summed E-state index contributed by atoms with van der Waals surface area (Å²) in [6.45, 7) is 1.48. The molecule has 0 radical (unpaired) electrons. The normalized spacial score (nSPS) is 20.4. The predicted octanol–water partition coefficient (Wildman–Crippen LogP) is 1.28. The van der Waals surface area contributed by atoms with E-state index in [2.05, 4.69) is 0 Å². The standard InChI is InChI=1S/C13H15NO3/c15-12(10-4-2-1-3-5-10)9-14-7-6-11(8-14)13(16)17/h1-5,11H,6-9H2,(H,16,17)/t11-/m1/s1. The minimum Gasteiger partial charge on any atom is -0.481 e. The zero-order chi connectivity index (χ0) is 12.3. The third kappa shape index (κ3) is 2.91. The molecular weight excluding hydrogens is 218 g/mol. The second-order valence-corrected chi connectivity index (χ2v) is 4.35. The molecule has 1 atom stereocenters. The van der Waals surface area contributed by atoms with E-state index in [1.54, 1.807) is 12.1 Å². The molecule has 0 amide bonds. The number of benzene rings is 1. The molecule has 1 aliphatic rings. The molecule has 1 N–H and O–H groups in total. The van der Waals surface area contributed by atoms with Crippen LogP contribution in [0.3, 0.4) is 0 Å². The van der Waals surface area contributed by atoms with E-state index in [1.165, 1.54) is 0 Å². The van der Waals surface area contributed by atoms with Gasteiger partial charge >= 0.3 is 5.97 Å². The average Bonchev–Trinajstić information content (AvgIpc) is 2.79. The summed E-state index contributed by atoms with van der Waals surface area (Å²) in [7, 11) is 0. The van der Waals surface area contributed by atoms with Crippen molar-refractivity contribution >= 4 is 11.8 Å². The fourth-order valence-corrected chi connectivity index (χ4v) is 2.10. The Morgan fingerprint density at radius 1 is 1.29 bits per heavy atom. The number of rotatable bonds is 4. The zero-order valence-corrected chi connectivity index (χ0v) is 9.50. The Morgan fingerprint density at radius 2 is 2.00 bits per heavy atom. The van der Waals surface area contributed by atoms with E-state index < -0.39 is 5.97 Å². The highest BCUT2D eigenvalue weighted by Crippen LogP contribution is 2.16. The molecule has 1 aromatic rings. The van der Waals surface area contributed by atoms with Crippen LogP contribution >= 0.6 is 0 Å². The molecule has 0 saturated carbocycles. The van der Waals surface area contributed by atoms with Gasteiger partial charge in [-0.2, -0.15) is 0 Å². The highest BCUT2D eigenvalue weighted by molar-refractivity contribution is 5.97. The van der Waals surface area contributed by atoms with Crippen LogP contribution in [0.4, 0.5) is 0 Å². The van der Waals surface area contributed by atoms with Gasteiger partial charge in [0.25, 0.3) is 0 Å². The van der Waals surface area contributed by atoms with E-state index >= 15 is 0 Å². The first-order chi connectivity index (χ1) is 8.16. The zero-order valence-electron chi connectivity index (χ0n) is 9.50. The van der Waals surface area contributed by atoms with Gasteiger partial charge in [-0.3, -0.25) is 14.5 Å². The summed E-state index contributed by atoms with van der Waals surface area (Å²) in [5.74, 6) is -1.03. The van der Waals surface area contributed by atoms with Gasteiger partial charge in [0.2, 0.25) is 0 Å². The average molecular weight is 233 g/mol. The lowest BCUT2D eigenvalue weighted by molar-refractivity contribution is -0.141. The number of carboxylic acids is 1. The largest absolute Gasteiger partial charge is 0.481 e. The van der Waals surface area contributed by atoms with Crippen molar-refractivity contribution < 1.29 is 14.7 Å². The van der Waals surface area contributed by atoms with E-state index in [0.717, 1.165) is 0 Å². The molecule has 0 aliphatic carbocycles. The van der Waals surface area contributed by atoms with Crippen LogP contribution in [0.5, 0.6) is 0 Å². The number of aliphatic carboxylic acids is 1. The third-order valence-electron chi connectivity index (χ3n) is 3.08. The van der Waals surface area contributed by atoms with Crippen molar-refractivity contribution in [3.8, 4) is 0 Å². The maximum atomic E-state index is 11.9. The molecule has 1 heterocycles. The number of hydrogen-bond acceptors (Lipinski definition) is 3. The molecule has 1 saturated heterocycles. The maximum Gasteiger partial charge on any atom is 0.307 e. The van der Waals surface area contributed by atoms with Gasteiger partial charge in [0.05, 0.1) is 12.5 Å². The number of hydrogen-bond donors (Lipinski definition) is 1. The minimum absolute atomic E-state index is 0.0524. The molecule has 0 aromatic heterocycles. The minimum atomic E-state index is -0.764. The molecule has 2 rings (SSSR count). The second kappa shape index (κ2) is 5.10. The van der Waals surface area contributed by atoms with Crippen LogP contribution < -0.4 is 0 Å². The fraction of sp³-hybridized carbons (Fsp3) is 0.385. The smallest absolute Gasteiger partial charge is 0.307 e. The Morgan fingerprint density at radius 3 is 2.59 bits per heavy atom. The Balaban J connectivity index is 1.91. The van der Waals surface area contributed by atoms with E-state index in [0.29, 0.717) is 31.6 Å². The second-order valence-electron chi connectivity index (χ2n) is 4.35. The summed E-state index contributed by atoms with van der Waals surface area (Å²) in [4.78, 5) is 24.6. The van der Waals surface area contributed by atoms with Gasteiger partial charge in [-0.15, -0.1) is 0 Å². The first-order valence-electron chi connectivity index (χ1n) is 5.70. The topological polar surface area (TPSA) is 57.6 Å². The van der Waals surface area contributed by atoms with Gasteiger partial charge in [-0.05, 0) is 13.0 Å². The van der Waals surface area contributed by atoms with Crippen LogP contribution in [0.25, 0.3) is 0 Å². The highest BCUT2D eigenvalue weighted by Gasteiger charge is 2.28. The Kier molecular flexibility index (Phi) is 3.54. The summed E-state index contributed by atoms with van der Waals surface area (Å²) in [6, 6.07) is 9.10. The molecule has 1 fully saturated rings. The van der Waals surface area contributed by atoms with Crippen molar-refractivity contribution in [3.63, 3.8) is 0 Å². The van der Waals surface area contributed by atoms with Crippen molar-refractivity contribution in [2.24, 2.45) is 5.92 Å². The van der Waals surface area contributed by atoms with E-state index in [9.17, 15) is 9.59 Å². The van der Waals surface area contributed by atoms with Crippen molar-refractivity contribution in [2.75, 3.05) is 19.6 Å². The quantitative estimate of drug-likeness (QED) is 0.796. The molecule has 0 unspecified atom stereocenters. The van der Waals surface area contributed by atoms with Crippen LogP contribution in [0.2, 0.25) is 0 Å². The number of carboxylic acid groups (broad SMARTS) is 1. The number of carbonyl (C=O) groups is 2. The van der Waals surface area contributed by atoms with Gasteiger partial charge in [-0.1, -0.05) is 30.3 Å². The van der Waals surface area contributed by atoms with Gasteiger partial charge in [0.15, 0.2) is 5.78 Å². The number of carbonyl (C=O) groups excluding carboxylic acids is 1. The summed E-state index contributed by atoms with van der Waals surface area (Å²) in [5, 5.41) is 8.87. The molecule has 0 spiro atoms. The van der Waals surface area contributed by atoms with Crippen LogP contribution in [-0.4, -0.2) is 41.4 Å². The SMILES string of the molecule is O=C(CN1CC[C@@H](C(=O)O)C1)c1ccccc1. The third-order valence-corrected chi connectivity index (χ3v) is 3.08. The number of Topliss-reactive ketones (excluding diaryl/α,β-unsaturated/α-hetero) is 1. The van der Waals surface area contributed by atoms with Crippen LogP contribution in [-0.2, 0) is 4.79 Å². The maximum absolute atomic E-state index is 11.9. The number of ketones is 1. The van der Waals surface area contributed by atoms with Crippen LogP contribution in [0.15, 0.2) is 30.3 Å². The number of likely N-dealkylation sites (tertiary alicyclic amines) is 1. The Bertz CT molecular complexity index is 416. The first-order valence-corrected chi connectivity index (χ1v) is 5.70. The fourth-order valence-electron chi connectivity index (χ4n) is 2.10. The van der Waals surface area contributed by atoms with E-state index in [4.69, 9.17) is 5.11 Å². The molecule has 1 aliphatic heterocycles. The lowest BCUT2D eigenvalue weighted by Gasteiger charge is -2.13. The Labute approximate surface area is 99.9 Å².